The molecule has 0 saturated carbocycles. The van der Waals surface area contributed by atoms with Crippen LogP contribution in [0.1, 0.15) is 42.0 Å². The van der Waals surface area contributed by atoms with Gasteiger partial charge in [-0.1, -0.05) is 7.43 Å². The number of ether oxygens (including phenoxy) is 1. The Labute approximate surface area is 248 Å². The van der Waals surface area contributed by atoms with Crippen LogP contribution in [0.3, 0.4) is 0 Å². The maximum atomic E-state index is 9.38. The number of rotatable bonds is 9. The summed E-state index contributed by atoms with van der Waals surface area (Å²) in [7, 11) is 5.44. The van der Waals surface area contributed by atoms with Crippen molar-refractivity contribution >= 4 is 24.1 Å². The maximum Gasteiger partial charge on any atom is 0.0628 e. The molecule has 0 fully saturated rings. The van der Waals surface area contributed by atoms with Crippen LogP contribution in [0, 0.1) is 21.1 Å². The Morgan fingerprint density at radius 2 is 1.15 bits per heavy atom. The minimum absolute atomic E-state index is 0. The fourth-order valence-electron chi connectivity index (χ4n) is 0.508. The zero-order valence-electron chi connectivity index (χ0n) is 15.8. The molecule has 163 valence electrons. The minimum atomic E-state index is -0.482. The van der Waals surface area contributed by atoms with E-state index >= 15 is 0 Å². The summed E-state index contributed by atoms with van der Waals surface area (Å²) >= 11 is 1.70. The number of aliphatic hydroxyl groups is 2. The molecule has 14 heteroatoms. The van der Waals surface area contributed by atoms with E-state index in [1.54, 1.807) is 20.8 Å². The predicted molar refractivity (Wildman–Crippen MR) is 91.1 cm³/mol. The zero-order chi connectivity index (χ0) is 19.4. The van der Waals surface area contributed by atoms with Gasteiger partial charge in [-0.25, -0.2) is 14.2 Å². The van der Waals surface area contributed by atoms with Crippen LogP contribution in [-0.4, -0.2) is 32.9 Å². The molecule has 9 nitrogen and oxygen atoms in total. The van der Waals surface area contributed by atoms with Crippen molar-refractivity contribution in [3.63, 3.8) is 0 Å². The Hall–Kier alpha value is 3.65. The molecule has 2 N–H and O–H groups in total. The second-order valence-corrected chi connectivity index (χ2v) is 7.28. The Morgan fingerprint density at radius 1 is 0.852 bits per heavy atom. The molecule has 0 heterocycles. The summed E-state index contributed by atoms with van der Waals surface area (Å²) in [6.07, 6.45) is 0. The first-order valence-corrected chi connectivity index (χ1v) is 7.52. The summed E-state index contributed by atoms with van der Waals surface area (Å²) in [6.45, 7) is 12.4. The van der Waals surface area contributed by atoms with E-state index in [-0.39, 0.29) is 117 Å². The molecule has 0 rings (SSSR count). The van der Waals surface area contributed by atoms with E-state index < -0.39 is 4.75 Å². The average Bonchev–Trinajstić information content (AvgIpc) is 2.55. The first kappa shape index (κ1) is 52.5. The standard InChI is InChI=1S/C5H11O4S.C4H10O4S.C2H5.CH3O.CH4.3Y/c1-5(2,4-7-3)10-9-8-6;1-4(2,3-5)9-8-7-6;2*1-2;;;;/h6H,3-4H2,1-2H3;5-6H,3H2,1-2H3;1H2,2H3;2H,1H2;1H4;;;/q-1;;2*-1;;;;/p-2. The van der Waals surface area contributed by atoms with E-state index in [4.69, 9.17) is 10.2 Å². The van der Waals surface area contributed by atoms with Gasteiger partial charge in [0.05, 0.1) is 16.1 Å². The van der Waals surface area contributed by atoms with Gasteiger partial charge in [-0.3, -0.25) is 10.1 Å². The Bertz CT molecular complexity index is 221. The summed E-state index contributed by atoms with van der Waals surface area (Å²) < 4.78 is 11.9. The van der Waals surface area contributed by atoms with Crippen LogP contribution in [0.4, 0.5) is 0 Å². The number of hydrogen-bond acceptors (Lipinski definition) is 11. The first-order valence-electron chi connectivity index (χ1n) is 6.03. The minimum Gasteiger partial charge on any atom is -0.691 e. The predicted octanol–water partition coefficient (Wildman–Crippen LogP) is 1.69. The van der Waals surface area contributed by atoms with Gasteiger partial charge in [-0.2, -0.15) is 15.6 Å². The SMILES string of the molecule is C.CC(C)(CO)SOO[O-].[CH2-]C.[CH2-]O.[CH2-]OCC(C)(C)SOO[O-].[Y].[Y].[Y]. The van der Waals surface area contributed by atoms with Crippen molar-refractivity contribution in [3.8, 4) is 0 Å². The molecule has 0 atom stereocenters. The zero-order valence-corrected chi connectivity index (χ0v) is 26.0. The van der Waals surface area contributed by atoms with E-state index in [1.807, 2.05) is 13.8 Å². The molecule has 0 aromatic rings. The van der Waals surface area contributed by atoms with Gasteiger partial charge < -0.3 is 32.4 Å². The Balaban J connectivity index is -0.0000000334. The molecule has 0 saturated heterocycles. The van der Waals surface area contributed by atoms with Crippen molar-refractivity contribution in [2.75, 3.05) is 13.2 Å². The van der Waals surface area contributed by atoms with Gasteiger partial charge in [0.2, 0.25) is 0 Å². The summed E-state index contributed by atoms with van der Waals surface area (Å²) in [5, 5.41) is 40.2. The van der Waals surface area contributed by atoms with E-state index in [1.165, 1.54) is 0 Å². The number of aliphatic hydroxyl groups excluding tert-OH is 2. The van der Waals surface area contributed by atoms with Gasteiger partial charge in [0, 0.05) is 129 Å². The van der Waals surface area contributed by atoms with Crippen molar-refractivity contribution in [2.24, 2.45) is 0 Å². The third-order valence-electron chi connectivity index (χ3n) is 1.41. The number of hydrogen-bond donors (Lipinski definition) is 2. The fraction of sp³-hybridized carbons (Fsp3) is 0.769. The third-order valence-corrected chi connectivity index (χ3v) is 2.80. The summed E-state index contributed by atoms with van der Waals surface area (Å²) in [4.78, 5) is 0. The monoisotopic (exact) mass is 662 g/mol. The normalized spacial score (nSPS) is 8.89. The Kier molecular flexibility index (Phi) is 77.9. The van der Waals surface area contributed by atoms with Crippen molar-refractivity contribution in [3.05, 3.63) is 21.1 Å². The molecular formula is C13H31O9S2Y3-5. The molecule has 0 unspecified atom stereocenters. The molecule has 0 amide bonds. The second kappa shape index (κ2) is 40.1. The molecule has 0 aromatic carbocycles. The van der Waals surface area contributed by atoms with Crippen LogP contribution in [0.2, 0.25) is 0 Å². The van der Waals surface area contributed by atoms with Crippen LogP contribution in [-0.2, 0) is 122 Å². The summed E-state index contributed by atoms with van der Waals surface area (Å²) in [6, 6.07) is 0. The van der Waals surface area contributed by atoms with Crippen molar-refractivity contribution < 1.29 is 142 Å². The fourth-order valence-corrected chi connectivity index (χ4v) is 1.12. The molecule has 0 aromatic heterocycles. The van der Waals surface area contributed by atoms with Crippen molar-refractivity contribution in [2.45, 2.75) is 51.5 Å². The third kappa shape index (κ3) is 53.2. The van der Waals surface area contributed by atoms with Crippen LogP contribution < -0.4 is 10.5 Å². The summed E-state index contributed by atoms with van der Waals surface area (Å²) in [5.74, 6) is 0. The van der Waals surface area contributed by atoms with Gasteiger partial charge in [-0.05, 0) is 27.7 Å². The van der Waals surface area contributed by atoms with Gasteiger partial charge in [-0.15, -0.1) is 0 Å². The van der Waals surface area contributed by atoms with Gasteiger partial charge in [0.25, 0.3) is 0 Å². The van der Waals surface area contributed by atoms with E-state index in [0.717, 1.165) is 24.1 Å². The topological polar surface area (TPSA) is 133 Å². The van der Waals surface area contributed by atoms with E-state index in [2.05, 4.69) is 44.6 Å². The van der Waals surface area contributed by atoms with E-state index in [9.17, 15) is 10.5 Å². The maximum absolute atomic E-state index is 9.38. The van der Waals surface area contributed by atoms with Gasteiger partial charge in [0.1, 0.15) is 0 Å². The van der Waals surface area contributed by atoms with Crippen LogP contribution in [0.5, 0.6) is 0 Å². The second-order valence-electron chi connectivity index (χ2n) is 4.46. The molecule has 27 heavy (non-hydrogen) atoms. The van der Waals surface area contributed by atoms with Gasteiger partial charge >= 0.3 is 0 Å². The molecule has 3 radical (unpaired) electrons. The molecule has 0 aliphatic rings. The largest absolute Gasteiger partial charge is 0.691 e. The van der Waals surface area contributed by atoms with Crippen LogP contribution in [0.25, 0.3) is 0 Å². The Morgan fingerprint density at radius 3 is 1.37 bits per heavy atom. The van der Waals surface area contributed by atoms with Crippen molar-refractivity contribution in [1.29, 1.82) is 0 Å². The van der Waals surface area contributed by atoms with Crippen LogP contribution in [0.15, 0.2) is 0 Å². The smallest absolute Gasteiger partial charge is 0.0628 e. The summed E-state index contributed by atoms with van der Waals surface area (Å²) in [5.41, 5.74) is 0. The van der Waals surface area contributed by atoms with Crippen LogP contribution >= 0.6 is 24.1 Å². The molecule has 0 bridgehead atoms. The molecule has 0 aliphatic carbocycles. The molecule has 0 aliphatic heterocycles. The quantitative estimate of drug-likeness (QED) is 0.162. The van der Waals surface area contributed by atoms with Gasteiger partial charge in [0.15, 0.2) is 0 Å². The molecule has 0 spiro atoms. The first-order chi connectivity index (χ1) is 10.7. The van der Waals surface area contributed by atoms with E-state index in [0.29, 0.717) is 6.61 Å². The van der Waals surface area contributed by atoms with Crippen molar-refractivity contribution in [1.82, 2.24) is 0 Å². The molecular weight excluding hydrogens is 631 g/mol. The average molecular weight is 662 g/mol.